The Morgan fingerprint density at radius 1 is 1.09 bits per heavy atom. The zero-order chi connectivity index (χ0) is 16.8. The fourth-order valence-electron chi connectivity index (χ4n) is 1.84. The summed E-state index contributed by atoms with van der Waals surface area (Å²) in [7, 11) is -3.59. The highest BCUT2D eigenvalue weighted by molar-refractivity contribution is 7.89. The molecule has 0 aliphatic heterocycles. The van der Waals surface area contributed by atoms with E-state index >= 15 is 0 Å². The number of carbonyl (C=O) groups is 2. The van der Waals surface area contributed by atoms with Gasteiger partial charge in [0.15, 0.2) is 0 Å². The van der Waals surface area contributed by atoms with Gasteiger partial charge in [0.05, 0.1) is 4.90 Å². The van der Waals surface area contributed by atoms with Crippen LogP contribution >= 0.6 is 0 Å². The average molecular weight is 326 g/mol. The predicted molar refractivity (Wildman–Crippen MR) is 84.0 cm³/mol. The number of Topliss-reactive ketones (excluding diaryl/α,β-unsaturated/α-hetero) is 1. The van der Waals surface area contributed by atoms with Gasteiger partial charge in [0, 0.05) is 25.9 Å². The van der Waals surface area contributed by atoms with Crippen LogP contribution in [-0.2, 0) is 19.6 Å². The van der Waals surface area contributed by atoms with E-state index in [1.165, 1.54) is 6.92 Å². The molecule has 0 saturated carbocycles. The second-order valence-electron chi connectivity index (χ2n) is 5.22. The van der Waals surface area contributed by atoms with Crippen molar-refractivity contribution in [2.24, 2.45) is 0 Å². The maximum absolute atomic E-state index is 12.2. The first-order valence-corrected chi connectivity index (χ1v) is 8.54. The summed E-state index contributed by atoms with van der Waals surface area (Å²) < 4.78 is 26.8. The van der Waals surface area contributed by atoms with Crippen molar-refractivity contribution in [2.75, 3.05) is 13.1 Å². The van der Waals surface area contributed by atoms with Gasteiger partial charge >= 0.3 is 0 Å². The maximum Gasteiger partial charge on any atom is 0.240 e. The Hall–Kier alpha value is -1.73. The molecule has 0 aromatic heterocycles. The van der Waals surface area contributed by atoms with E-state index in [4.69, 9.17) is 0 Å². The summed E-state index contributed by atoms with van der Waals surface area (Å²) in [5, 5.41) is 2.57. The van der Waals surface area contributed by atoms with E-state index in [1.54, 1.807) is 19.1 Å². The molecule has 0 atom stereocenters. The Morgan fingerprint density at radius 3 is 2.41 bits per heavy atom. The van der Waals surface area contributed by atoms with E-state index in [0.717, 1.165) is 5.56 Å². The molecular formula is C15H22N2O4S. The molecule has 0 fully saturated rings. The minimum Gasteiger partial charge on any atom is -0.355 e. The fraction of sp³-hybridized carbons (Fsp3) is 0.467. The second-order valence-corrected chi connectivity index (χ2v) is 6.95. The van der Waals surface area contributed by atoms with Crippen molar-refractivity contribution in [3.63, 3.8) is 0 Å². The number of ketones is 1. The molecule has 0 unspecified atom stereocenters. The molecule has 0 heterocycles. The number of sulfonamides is 1. The smallest absolute Gasteiger partial charge is 0.240 e. The number of benzene rings is 1. The Kier molecular flexibility index (Phi) is 6.70. The molecule has 0 aliphatic rings. The number of carbonyl (C=O) groups excluding carboxylic acids is 2. The largest absolute Gasteiger partial charge is 0.355 e. The number of rotatable bonds is 8. The standard InChI is InChI=1S/C15H22N2O4S/c1-11-4-5-12(2)14(10-11)22(20,21)17-9-8-16-15(19)7-6-13(3)18/h4-5,10,17H,6-9H2,1-3H3,(H,16,19). The minimum absolute atomic E-state index is 0.0502. The third-order valence-electron chi connectivity index (χ3n) is 3.08. The summed E-state index contributed by atoms with van der Waals surface area (Å²) >= 11 is 0. The van der Waals surface area contributed by atoms with Crippen LogP contribution in [0.4, 0.5) is 0 Å². The van der Waals surface area contributed by atoms with Crippen LogP contribution in [0.5, 0.6) is 0 Å². The summed E-state index contributed by atoms with van der Waals surface area (Å²) in [4.78, 5) is 22.4. The van der Waals surface area contributed by atoms with Gasteiger partial charge in [-0.05, 0) is 38.0 Å². The van der Waals surface area contributed by atoms with Crippen LogP contribution in [0, 0.1) is 13.8 Å². The lowest BCUT2D eigenvalue weighted by Crippen LogP contribution is -2.35. The molecule has 1 amide bonds. The topological polar surface area (TPSA) is 92.3 Å². The van der Waals surface area contributed by atoms with Crippen LogP contribution in [-0.4, -0.2) is 33.2 Å². The number of nitrogens with one attached hydrogen (secondary N) is 2. The molecule has 1 rings (SSSR count). The molecule has 0 aliphatic carbocycles. The van der Waals surface area contributed by atoms with Gasteiger partial charge < -0.3 is 10.1 Å². The van der Waals surface area contributed by atoms with Gasteiger partial charge in [-0.15, -0.1) is 0 Å². The van der Waals surface area contributed by atoms with E-state index in [-0.39, 0.29) is 42.5 Å². The number of hydrogen-bond acceptors (Lipinski definition) is 4. The molecule has 22 heavy (non-hydrogen) atoms. The minimum atomic E-state index is -3.59. The van der Waals surface area contributed by atoms with Crippen molar-refractivity contribution in [1.29, 1.82) is 0 Å². The zero-order valence-corrected chi connectivity index (χ0v) is 13.9. The summed E-state index contributed by atoms with van der Waals surface area (Å²) in [5.74, 6) is -0.313. The van der Waals surface area contributed by atoms with Gasteiger partial charge in [-0.1, -0.05) is 12.1 Å². The summed E-state index contributed by atoms with van der Waals surface area (Å²) in [6, 6.07) is 5.22. The molecule has 0 bridgehead atoms. The highest BCUT2D eigenvalue weighted by Crippen LogP contribution is 2.16. The summed E-state index contributed by atoms with van der Waals surface area (Å²) in [5.41, 5.74) is 1.53. The van der Waals surface area contributed by atoms with E-state index in [9.17, 15) is 18.0 Å². The lowest BCUT2D eigenvalue weighted by molar-refractivity contribution is -0.124. The van der Waals surface area contributed by atoms with Crippen molar-refractivity contribution in [3.8, 4) is 0 Å². The van der Waals surface area contributed by atoms with Crippen molar-refractivity contribution in [1.82, 2.24) is 10.0 Å². The summed E-state index contributed by atoms with van der Waals surface area (Å²) in [6.07, 6.45) is 0.319. The van der Waals surface area contributed by atoms with Crippen LogP contribution < -0.4 is 10.0 Å². The van der Waals surface area contributed by atoms with Gasteiger partial charge in [0.2, 0.25) is 15.9 Å². The van der Waals surface area contributed by atoms with Gasteiger partial charge in [0.1, 0.15) is 5.78 Å². The monoisotopic (exact) mass is 326 g/mol. The lowest BCUT2D eigenvalue weighted by Gasteiger charge is -2.10. The molecule has 7 heteroatoms. The molecule has 1 aromatic carbocycles. The Bertz CT molecular complexity index is 654. The highest BCUT2D eigenvalue weighted by atomic mass is 32.2. The zero-order valence-electron chi connectivity index (χ0n) is 13.1. The molecule has 6 nitrogen and oxygen atoms in total. The molecule has 0 spiro atoms. The Balaban J connectivity index is 2.48. The molecular weight excluding hydrogens is 304 g/mol. The number of aryl methyl sites for hydroxylation is 2. The van der Waals surface area contributed by atoms with Gasteiger partial charge in [-0.2, -0.15) is 0 Å². The Morgan fingerprint density at radius 2 is 1.77 bits per heavy atom. The predicted octanol–water partition coefficient (Wildman–Crippen LogP) is 1.07. The lowest BCUT2D eigenvalue weighted by atomic mass is 10.2. The second kappa shape index (κ2) is 8.05. The van der Waals surface area contributed by atoms with Crippen LogP contribution in [0.2, 0.25) is 0 Å². The highest BCUT2D eigenvalue weighted by Gasteiger charge is 2.16. The van der Waals surface area contributed by atoms with Gasteiger partial charge in [-0.3, -0.25) is 4.79 Å². The van der Waals surface area contributed by atoms with Crippen LogP contribution in [0.3, 0.4) is 0 Å². The third-order valence-corrected chi connectivity index (χ3v) is 4.68. The van der Waals surface area contributed by atoms with Gasteiger partial charge in [-0.25, -0.2) is 13.1 Å². The van der Waals surface area contributed by atoms with Crippen molar-refractivity contribution in [3.05, 3.63) is 29.3 Å². The fourth-order valence-corrected chi connectivity index (χ4v) is 3.20. The average Bonchev–Trinajstić information content (AvgIpc) is 2.44. The Labute approximate surface area is 131 Å². The normalized spacial score (nSPS) is 11.2. The van der Waals surface area contributed by atoms with E-state index in [2.05, 4.69) is 10.0 Å². The van der Waals surface area contributed by atoms with E-state index in [0.29, 0.717) is 5.56 Å². The van der Waals surface area contributed by atoms with Crippen LogP contribution in [0.1, 0.15) is 30.9 Å². The number of hydrogen-bond donors (Lipinski definition) is 2. The van der Waals surface area contributed by atoms with Crippen LogP contribution in [0.25, 0.3) is 0 Å². The SMILES string of the molecule is CC(=O)CCC(=O)NCCNS(=O)(=O)c1cc(C)ccc1C. The van der Waals surface area contributed by atoms with Crippen LogP contribution in [0.15, 0.2) is 23.1 Å². The summed E-state index contributed by atoms with van der Waals surface area (Å²) in [6.45, 7) is 5.26. The first kappa shape index (κ1) is 18.3. The van der Waals surface area contributed by atoms with Crippen molar-refractivity contribution < 1.29 is 18.0 Å². The van der Waals surface area contributed by atoms with E-state index < -0.39 is 10.0 Å². The molecule has 122 valence electrons. The van der Waals surface area contributed by atoms with Gasteiger partial charge in [0.25, 0.3) is 0 Å². The first-order valence-electron chi connectivity index (χ1n) is 7.05. The molecule has 2 N–H and O–H groups in total. The van der Waals surface area contributed by atoms with Crippen molar-refractivity contribution in [2.45, 2.75) is 38.5 Å². The maximum atomic E-state index is 12.2. The molecule has 0 saturated heterocycles. The quantitative estimate of drug-likeness (QED) is 0.699. The molecule has 0 radical (unpaired) electrons. The number of amides is 1. The molecule has 1 aromatic rings. The first-order chi connectivity index (χ1) is 10.2. The van der Waals surface area contributed by atoms with Crippen molar-refractivity contribution >= 4 is 21.7 Å². The van der Waals surface area contributed by atoms with E-state index in [1.807, 2.05) is 13.0 Å². The third kappa shape index (κ3) is 5.95.